The van der Waals surface area contributed by atoms with Crippen LogP contribution in [0.5, 0.6) is 5.75 Å². The molecule has 2 atom stereocenters. The fourth-order valence-electron chi connectivity index (χ4n) is 4.78. The Morgan fingerprint density at radius 1 is 1.12 bits per heavy atom. The van der Waals surface area contributed by atoms with E-state index in [1.54, 1.807) is 7.11 Å². The molecular weight excluding hydrogens is 316 g/mol. The summed E-state index contributed by atoms with van der Waals surface area (Å²) >= 11 is 0. The van der Waals surface area contributed by atoms with Crippen LogP contribution in [0.1, 0.15) is 25.7 Å². The SMILES string of the molecule is COc1ccccc1N1CCC(N2C[C@H](C(=O)O)[C@@H](C3CC3)C2)CC1. The fourth-order valence-corrected chi connectivity index (χ4v) is 4.78. The number of carboxylic acids is 1. The van der Waals surface area contributed by atoms with E-state index in [-0.39, 0.29) is 5.92 Å². The van der Waals surface area contributed by atoms with Gasteiger partial charge in [0, 0.05) is 32.2 Å². The van der Waals surface area contributed by atoms with Crippen molar-refractivity contribution in [3.05, 3.63) is 24.3 Å². The van der Waals surface area contributed by atoms with Crippen molar-refractivity contribution in [1.82, 2.24) is 4.90 Å². The predicted molar refractivity (Wildman–Crippen MR) is 97.1 cm³/mol. The molecule has 1 aromatic rings. The Labute approximate surface area is 149 Å². The van der Waals surface area contributed by atoms with Crippen LogP contribution in [0, 0.1) is 17.8 Å². The summed E-state index contributed by atoms with van der Waals surface area (Å²) < 4.78 is 5.50. The molecule has 0 spiro atoms. The van der Waals surface area contributed by atoms with E-state index >= 15 is 0 Å². The Kier molecular flexibility index (Phi) is 4.59. The van der Waals surface area contributed by atoms with E-state index in [0.29, 0.717) is 17.9 Å². The molecule has 3 aliphatic rings. The lowest BCUT2D eigenvalue weighted by molar-refractivity contribution is -0.142. The lowest BCUT2D eigenvalue weighted by Crippen LogP contribution is -2.44. The first-order valence-electron chi connectivity index (χ1n) is 9.52. The molecule has 136 valence electrons. The number of methoxy groups -OCH3 is 1. The van der Waals surface area contributed by atoms with Gasteiger partial charge in [0.2, 0.25) is 0 Å². The minimum Gasteiger partial charge on any atom is -0.495 e. The maximum absolute atomic E-state index is 11.6. The highest BCUT2D eigenvalue weighted by atomic mass is 16.5. The zero-order valence-corrected chi connectivity index (χ0v) is 14.9. The van der Waals surface area contributed by atoms with Gasteiger partial charge in [0.15, 0.2) is 0 Å². The first-order chi connectivity index (χ1) is 12.2. The Bertz CT molecular complexity index is 623. The van der Waals surface area contributed by atoms with Crippen molar-refractivity contribution < 1.29 is 14.6 Å². The second kappa shape index (κ2) is 6.87. The number of rotatable bonds is 5. The summed E-state index contributed by atoms with van der Waals surface area (Å²) in [6, 6.07) is 8.72. The van der Waals surface area contributed by atoms with Crippen LogP contribution in [0.25, 0.3) is 0 Å². The summed E-state index contributed by atoms with van der Waals surface area (Å²) in [7, 11) is 1.72. The third kappa shape index (κ3) is 3.34. The van der Waals surface area contributed by atoms with Crippen LogP contribution in [0.3, 0.4) is 0 Å². The minimum absolute atomic E-state index is 0.153. The van der Waals surface area contributed by atoms with E-state index in [4.69, 9.17) is 4.74 Å². The highest BCUT2D eigenvalue weighted by Gasteiger charge is 2.47. The molecule has 4 rings (SSSR count). The molecule has 2 saturated heterocycles. The van der Waals surface area contributed by atoms with Crippen LogP contribution < -0.4 is 9.64 Å². The number of aliphatic carboxylic acids is 1. The number of hydrogen-bond donors (Lipinski definition) is 1. The molecule has 1 saturated carbocycles. The zero-order valence-electron chi connectivity index (χ0n) is 14.9. The number of nitrogens with zero attached hydrogens (tertiary/aromatic N) is 2. The lowest BCUT2D eigenvalue weighted by atomic mass is 9.92. The summed E-state index contributed by atoms with van der Waals surface area (Å²) in [5.74, 6) is 1.23. The third-order valence-corrected chi connectivity index (χ3v) is 6.34. The summed E-state index contributed by atoms with van der Waals surface area (Å²) in [6.45, 7) is 3.75. The zero-order chi connectivity index (χ0) is 17.4. The number of benzene rings is 1. The summed E-state index contributed by atoms with van der Waals surface area (Å²) in [5.41, 5.74) is 1.17. The molecule has 25 heavy (non-hydrogen) atoms. The van der Waals surface area contributed by atoms with Crippen LogP contribution >= 0.6 is 0 Å². The second-order valence-corrected chi connectivity index (χ2v) is 7.79. The number of carbonyl (C=O) groups is 1. The van der Waals surface area contributed by atoms with Gasteiger partial charge in [-0.1, -0.05) is 12.1 Å². The maximum atomic E-state index is 11.6. The smallest absolute Gasteiger partial charge is 0.308 e. The van der Waals surface area contributed by atoms with Gasteiger partial charge in [0.1, 0.15) is 5.75 Å². The lowest BCUT2D eigenvalue weighted by Gasteiger charge is -2.38. The van der Waals surface area contributed by atoms with Gasteiger partial charge >= 0.3 is 5.97 Å². The van der Waals surface area contributed by atoms with Crippen molar-refractivity contribution in [2.75, 3.05) is 38.2 Å². The van der Waals surface area contributed by atoms with Gasteiger partial charge in [0.25, 0.3) is 0 Å². The summed E-state index contributed by atoms with van der Waals surface area (Å²) in [6.07, 6.45) is 4.66. The number of para-hydroxylation sites is 2. The predicted octanol–water partition coefficient (Wildman–Crippen LogP) is 2.71. The third-order valence-electron chi connectivity index (χ3n) is 6.34. The van der Waals surface area contributed by atoms with Crippen molar-refractivity contribution in [3.63, 3.8) is 0 Å². The molecule has 0 aromatic heterocycles. The molecule has 0 unspecified atom stereocenters. The van der Waals surface area contributed by atoms with Crippen molar-refractivity contribution >= 4 is 11.7 Å². The largest absolute Gasteiger partial charge is 0.495 e. The number of likely N-dealkylation sites (tertiary alicyclic amines) is 1. The number of anilines is 1. The van der Waals surface area contributed by atoms with Crippen molar-refractivity contribution in [3.8, 4) is 5.75 Å². The minimum atomic E-state index is -0.592. The molecule has 2 aliphatic heterocycles. The van der Waals surface area contributed by atoms with Gasteiger partial charge in [-0.15, -0.1) is 0 Å². The number of ether oxygens (including phenoxy) is 1. The van der Waals surface area contributed by atoms with Crippen LogP contribution in [0.2, 0.25) is 0 Å². The standard InChI is InChI=1S/C20H28N2O3/c1-25-19-5-3-2-4-18(19)21-10-8-15(9-11-21)22-12-16(14-6-7-14)17(13-22)20(23)24/h2-5,14-17H,6-13H2,1H3,(H,23,24)/t16-,17+/m1/s1. The Morgan fingerprint density at radius 3 is 2.48 bits per heavy atom. The topological polar surface area (TPSA) is 53.0 Å². The van der Waals surface area contributed by atoms with Crippen molar-refractivity contribution in [2.45, 2.75) is 31.7 Å². The average molecular weight is 344 g/mol. The Hall–Kier alpha value is -1.75. The highest BCUT2D eigenvalue weighted by Crippen LogP contribution is 2.45. The van der Waals surface area contributed by atoms with Crippen molar-refractivity contribution in [2.24, 2.45) is 17.8 Å². The van der Waals surface area contributed by atoms with Gasteiger partial charge in [-0.2, -0.15) is 0 Å². The van der Waals surface area contributed by atoms with E-state index in [1.165, 1.54) is 18.5 Å². The first-order valence-corrected chi connectivity index (χ1v) is 9.52. The molecule has 2 heterocycles. The fraction of sp³-hybridized carbons (Fsp3) is 0.650. The van der Waals surface area contributed by atoms with Crippen LogP contribution in [0.4, 0.5) is 5.69 Å². The molecular formula is C20H28N2O3. The summed E-state index contributed by atoms with van der Waals surface area (Å²) in [4.78, 5) is 16.5. The molecule has 0 radical (unpaired) electrons. The van der Waals surface area contributed by atoms with Gasteiger partial charge < -0.3 is 14.7 Å². The molecule has 0 bridgehead atoms. The van der Waals surface area contributed by atoms with Gasteiger partial charge in [-0.05, 0) is 49.7 Å². The Balaban J connectivity index is 1.38. The van der Waals surface area contributed by atoms with Crippen LogP contribution in [0.15, 0.2) is 24.3 Å². The quantitative estimate of drug-likeness (QED) is 0.890. The van der Waals surface area contributed by atoms with E-state index in [2.05, 4.69) is 21.9 Å². The highest BCUT2D eigenvalue weighted by molar-refractivity contribution is 5.71. The maximum Gasteiger partial charge on any atom is 0.308 e. The summed E-state index contributed by atoms with van der Waals surface area (Å²) in [5, 5.41) is 9.58. The van der Waals surface area contributed by atoms with Crippen LogP contribution in [-0.2, 0) is 4.79 Å². The normalized spacial score (nSPS) is 28.3. The second-order valence-electron chi connectivity index (χ2n) is 7.79. The average Bonchev–Trinajstić information content (AvgIpc) is 3.39. The van der Waals surface area contributed by atoms with Crippen molar-refractivity contribution in [1.29, 1.82) is 0 Å². The number of carboxylic acid groups (broad SMARTS) is 1. The van der Waals surface area contributed by atoms with E-state index in [1.807, 2.05) is 12.1 Å². The molecule has 5 heteroatoms. The van der Waals surface area contributed by atoms with E-state index in [0.717, 1.165) is 44.8 Å². The van der Waals surface area contributed by atoms with Gasteiger partial charge in [-0.3, -0.25) is 9.69 Å². The van der Waals surface area contributed by atoms with E-state index < -0.39 is 5.97 Å². The van der Waals surface area contributed by atoms with Gasteiger partial charge in [0.05, 0.1) is 18.7 Å². The van der Waals surface area contributed by atoms with Crippen LogP contribution in [-0.4, -0.2) is 55.3 Å². The first kappa shape index (κ1) is 16.7. The van der Waals surface area contributed by atoms with E-state index in [9.17, 15) is 9.90 Å². The molecule has 3 fully saturated rings. The molecule has 5 nitrogen and oxygen atoms in total. The monoisotopic (exact) mass is 344 g/mol. The molecule has 0 amide bonds. The number of piperidine rings is 1. The molecule has 1 N–H and O–H groups in total. The molecule has 1 aromatic carbocycles. The Morgan fingerprint density at radius 2 is 1.84 bits per heavy atom. The number of hydrogen-bond acceptors (Lipinski definition) is 4. The van der Waals surface area contributed by atoms with Gasteiger partial charge in [-0.25, -0.2) is 0 Å². The molecule has 1 aliphatic carbocycles.